The van der Waals surface area contributed by atoms with Crippen LogP contribution in [0.4, 0.5) is 0 Å². The van der Waals surface area contributed by atoms with E-state index >= 15 is 0 Å². The summed E-state index contributed by atoms with van der Waals surface area (Å²) >= 11 is 0. The average Bonchev–Trinajstić information content (AvgIpc) is 2.90. The van der Waals surface area contributed by atoms with Gasteiger partial charge in [0.05, 0.1) is 0 Å². The predicted octanol–water partition coefficient (Wildman–Crippen LogP) is 3.16. The number of likely N-dealkylation sites (N-methyl/N-ethyl adjacent to an activating group) is 1. The third-order valence-corrected chi connectivity index (χ3v) is 4.95. The summed E-state index contributed by atoms with van der Waals surface area (Å²) in [4.78, 5) is 2.66. The molecule has 0 saturated heterocycles. The molecule has 0 bridgehead atoms. The lowest BCUT2D eigenvalue weighted by molar-refractivity contribution is 0.166. The van der Waals surface area contributed by atoms with Crippen molar-refractivity contribution in [3.8, 4) is 0 Å². The molecule has 1 atom stereocenters. The Morgan fingerprint density at radius 1 is 1.00 bits per heavy atom. The van der Waals surface area contributed by atoms with Gasteiger partial charge >= 0.3 is 0 Å². The summed E-state index contributed by atoms with van der Waals surface area (Å²) in [5.41, 5.74) is 6.45. The molecule has 2 N–H and O–H groups in total. The van der Waals surface area contributed by atoms with Crippen LogP contribution in [0, 0.1) is 5.92 Å². The summed E-state index contributed by atoms with van der Waals surface area (Å²) in [6, 6.07) is 1.27. The first-order valence-corrected chi connectivity index (χ1v) is 7.81. The van der Waals surface area contributed by atoms with Gasteiger partial charge in [-0.2, -0.15) is 0 Å². The zero-order valence-corrected chi connectivity index (χ0v) is 11.5. The summed E-state index contributed by atoms with van der Waals surface area (Å²) in [5, 5.41) is 0. The fourth-order valence-corrected chi connectivity index (χ4v) is 3.79. The van der Waals surface area contributed by atoms with Gasteiger partial charge in [0.15, 0.2) is 0 Å². The second kappa shape index (κ2) is 6.75. The maximum atomic E-state index is 6.45. The molecule has 2 saturated carbocycles. The maximum Gasteiger partial charge on any atom is 0.0196 e. The minimum absolute atomic E-state index is 0.427. The summed E-state index contributed by atoms with van der Waals surface area (Å²) < 4.78 is 0. The van der Waals surface area contributed by atoms with Crippen molar-refractivity contribution >= 4 is 0 Å². The van der Waals surface area contributed by atoms with Crippen molar-refractivity contribution in [1.29, 1.82) is 0 Å². The van der Waals surface area contributed by atoms with Gasteiger partial charge in [-0.25, -0.2) is 0 Å². The quantitative estimate of drug-likeness (QED) is 0.797. The van der Waals surface area contributed by atoms with Crippen LogP contribution in [0.1, 0.15) is 64.7 Å². The van der Waals surface area contributed by atoms with Crippen molar-refractivity contribution in [3.63, 3.8) is 0 Å². The molecule has 2 fully saturated rings. The molecule has 2 aliphatic rings. The first-order chi connectivity index (χ1) is 8.31. The Balaban J connectivity index is 1.79. The van der Waals surface area contributed by atoms with Crippen LogP contribution in [0.5, 0.6) is 0 Å². The molecule has 0 heterocycles. The molecule has 0 aromatic heterocycles. The van der Waals surface area contributed by atoms with Gasteiger partial charge in [-0.05, 0) is 38.1 Å². The van der Waals surface area contributed by atoms with Crippen LogP contribution >= 0.6 is 0 Å². The molecule has 0 spiro atoms. The Kier molecular flexibility index (Phi) is 5.30. The molecule has 0 aliphatic heterocycles. The minimum atomic E-state index is 0.427. The Morgan fingerprint density at radius 3 is 2.18 bits per heavy atom. The van der Waals surface area contributed by atoms with Gasteiger partial charge in [0, 0.05) is 18.6 Å². The SMILES string of the molecule is CCN(CC(N)C1CCCCC1)C1CCCC1. The van der Waals surface area contributed by atoms with Gasteiger partial charge in [0.25, 0.3) is 0 Å². The highest BCUT2D eigenvalue weighted by molar-refractivity contribution is 4.83. The molecular formula is C15H30N2. The maximum absolute atomic E-state index is 6.45. The second-order valence-electron chi connectivity index (χ2n) is 6.09. The zero-order chi connectivity index (χ0) is 12.1. The molecule has 100 valence electrons. The Bertz CT molecular complexity index is 205. The highest BCUT2D eigenvalue weighted by atomic mass is 15.2. The van der Waals surface area contributed by atoms with E-state index in [9.17, 15) is 0 Å². The largest absolute Gasteiger partial charge is 0.326 e. The fourth-order valence-electron chi connectivity index (χ4n) is 3.79. The van der Waals surface area contributed by atoms with Gasteiger partial charge < -0.3 is 5.73 Å². The van der Waals surface area contributed by atoms with E-state index in [4.69, 9.17) is 5.73 Å². The van der Waals surface area contributed by atoms with Crippen LogP contribution in [-0.2, 0) is 0 Å². The average molecular weight is 238 g/mol. The van der Waals surface area contributed by atoms with Crippen molar-refractivity contribution in [2.24, 2.45) is 11.7 Å². The molecule has 17 heavy (non-hydrogen) atoms. The predicted molar refractivity (Wildman–Crippen MR) is 74.1 cm³/mol. The third kappa shape index (κ3) is 3.69. The van der Waals surface area contributed by atoms with Gasteiger partial charge in [-0.3, -0.25) is 4.90 Å². The summed E-state index contributed by atoms with van der Waals surface area (Å²) in [5.74, 6) is 0.805. The Labute approximate surface area is 107 Å². The summed E-state index contributed by atoms with van der Waals surface area (Å²) in [6.07, 6.45) is 12.7. The number of hydrogen-bond donors (Lipinski definition) is 1. The molecule has 2 nitrogen and oxygen atoms in total. The molecule has 0 aromatic carbocycles. The molecule has 0 aromatic rings. The van der Waals surface area contributed by atoms with Gasteiger partial charge in [-0.1, -0.05) is 39.0 Å². The smallest absolute Gasteiger partial charge is 0.0196 e. The van der Waals surface area contributed by atoms with Crippen molar-refractivity contribution < 1.29 is 0 Å². The first kappa shape index (κ1) is 13.4. The van der Waals surface area contributed by atoms with Crippen LogP contribution in [0.15, 0.2) is 0 Å². The van der Waals surface area contributed by atoms with Crippen LogP contribution in [0.2, 0.25) is 0 Å². The molecule has 0 radical (unpaired) electrons. The standard InChI is InChI=1S/C15H30N2/c1-2-17(14-10-6-7-11-14)12-15(16)13-8-4-3-5-9-13/h13-15H,2-12,16H2,1H3. The van der Waals surface area contributed by atoms with Crippen molar-refractivity contribution in [2.75, 3.05) is 13.1 Å². The van der Waals surface area contributed by atoms with E-state index in [1.807, 2.05) is 0 Å². The summed E-state index contributed by atoms with van der Waals surface area (Å²) in [6.45, 7) is 4.63. The topological polar surface area (TPSA) is 29.3 Å². The molecular weight excluding hydrogens is 208 g/mol. The van der Waals surface area contributed by atoms with E-state index < -0.39 is 0 Å². The Morgan fingerprint density at radius 2 is 1.59 bits per heavy atom. The van der Waals surface area contributed by atoms with Crippen LogP contribution in [0.25, 0.3) is 0 Å². The third-order valence-electron chi connectivity index (χ3n) is 4.95. The van der Waals surface area contributed by atoms with E-state index in [1.165, 1.54) is 64.3 Å². The van der Waals surface area contributed by atoms with E-state index in [0.29, 0.717) is 6.04 Å². The van der Waals surface area contributed by atoms with Crippen LogP contribution < -0.4 is 5.73 Å². The molecule has 2 rings (SSSR count). The number of nitrogens with two attached hydrogens (primary N) is 1. The van der Waals surface area contributed by atoms with E-state index in [2.05, 4.69) is 11.8 Å². The fraction of sp³-hybridized carbons (Fsp3) is 1.00. The first-order valence-electron chi connectivity index (χ1n) is 7.81. The monoisotopic (exact) mass is 238 g/mol. The lowest BCUT2D eigenvalue weighted by Gasteiger charge is -2.34. The van der Waals surface area contributed by atoms with Crippen molar-refractivity contribution in [2.45, 2.75) is 76.8 Å². The number of rotatable bonds is 5. The van der Waals surface area contributed by atoms with Crippen molar-refractivity contribution in [1.82, 2.24) is 4.90 Å². The molecule has 1 unspecified atom stereocenters. The molecule has 2 aliphatic carbocycles. The number of hydrogen-bond acceptors (Lipinski definition) is 2. The van der Waals surface area contributed by atoms with Gasteiger partial charge in [0.1, 0.15) is 0 Å². The van der Waals surface area contributed by atoms with E-state index in [-0.39, 0.29) is 0 Å². The van der Waals surface area contributed by atoms with Gasteiger partial charge in [0.2, 0.25) is 0 Å². The summed E-state index contributed by atoms with van der Waals surface area (Å²) in [7, 11) is 0. The van der Waals surface area contributed by atoms with Gasteiger partial charge in [-0.15, -0.1) is 0 Å². The molecule has 2 heteroatoms. The lowest BCUT2D eigenvalue weighted by Crippen LogP contribution is -2.46. The normalized spacial score (nSPS) is 25.6. The van der Waals surface area contributed by atoms with Crippen LogP contribution in [0.3, 0.4) is 0 Å². The minimum Gasteiger partial charge on any atom is -0.326 e. The molecule has 0 amide bonds. The Hall–Kier alpha value is -0.0800. The van der Waals surface area contributed by atoms with Crippen LogP contribution in [-0.4, -0.2) is 30.1 Å². The van der Waals surface area contributed by atoms with E-state index in [0.717, 1.165) is 18.5 Å². The highest BCUT2D eigenvalue weighted by Gasteiger charge is 2.26. The number of nitrogens with zero attached hydrogens (tertiary/aromatic N) is 1. The zero-order valence-electron chi connectivity index (χ0n) is 11.5. The van der Waals surface area contributed by atoms with E-state index in [1.54, 1.807) is 0 Å². The van der Waals surface area contributed by atoms with Crippen molar-refractivity contribution in [3.05, 3.63) is 0 Å². The second-order valence-corrected chi connectivity index (χ2v) is 6.09. The lowest BCUT2D eigenvalue weighted by atomic mass is 9.84. The highest BCUT2D eigenvalue weighted by Crippen LogP contribution is 2.28.